The van der Waals surface area contributed by atoms with E-state index in [1.165, 1.54) is 22.0 Å². The fraction of sp³-hybridized carbons (Fsp3) is 0.609. The molecule has 1 aromatic heterocycles. The predicted molar refractivity (Wildman–Crippen MR) is 115 cm³/mol. The molecule has 2 aromatic rings. The molecule has 0 unspecified atom stereocenters. The van der Waals surface area contributed by atoms with Crippen LogP contribution in [0.25, 0.3) is 10.9 Å². The minimum Gasteiger partial charge on any atom is -0.361 e. The lowest BCUT2D eigenvalue weighted by atomic mass is 9.88. The van der Waals surface area contributed by atoms with Crippen molar-refractivity contribution in [3.05, 3.63) is 35.5 Å². The van der Waals surface area contributed by atoms with Crippen molar-refractivity contribution in [2.45, 2.75) is 45.1 Å². The van der Waals surface area contributed by atoms with E-state index < -0.39 is 0 Å². The summed E-state index contributed by atoms with van der Waals surface area (Å²) in [4.78, 5) is 23.3. The van der Waals surface area contributed by atoms with Crippen molar-refractivity contribution in [1.82, 2.24) is 19.7 Å². The van der Waals surface area contributed by atoms with Crippen LogP contribution in [0.15, 0.2) is 24.4 Å². The average Bonchev–Trinajstić information content (AvgIpc) is 3.17. The Morgan fingerprint density at radius 2 is 1.86 bits per heavy atom. The molecule has 152 valence electrons. The molecule has 5 heteroatoms. The fourth-order valence-corrected chi connectivity index (χ4v) is 4.91. The van der Waals surface area contributed by atoms with Gasteiger partial charge in [-0.25, -0.2) is 0 Å². The Bertz CT molecular complexity index is 813. The molecule has 0 bridgehead atoms. The number of likely N-dealkylation sites (N-methyl/N-ethyl adjacent to an activating group) is 1. The summed E-state index contributed by atoms with van der Waals surface area (Å²) in [5.74, 6) is 0.860. The molecule has 2 saturated heterocycles. The molecule has 1 aromatic carbocycles. The van der Waals surface area contributed by atoms with E-state index in [9.17, 15) is 4.79 Å². The van der Waals surface area contributed by atoms with Gasteiger partial charge in [-0.15, -0.1) is 0 Å². The third kappa shape index (κ3) is 3.70. The number of fused-ring (bicyclic) bond motifs is 1. The Morgan fingerprint density at radius 1 is 1.14 bits per heavy atom. The maximum Gasteiger partial charge on any atom is 0.239 e. The second kappa shape index (κ2) is 8.26. The summed E-state index contributed by atoms with van der Waals surface area (Å²) < 4.78 is 0. The Kier molecular flexibility index (Phi) is 5.74. The number of likely N-dealkylation sites (tertiary alicyclic amines) is 1. The van der Waals surface area contributed by atoms with Gasteiger partial charge in [0.1, 0.15) is 0 Å². The number of amides is 1. The summed E-state index contributed by atoms with van der Waals surface area (Å²) in [7, 11) is 2.16. The second-order valence-electron chi connectivity index (χ2n) is 8.55. The molecule has 28 heavy (non-hydrogen) atoms. The molecule has 0 spiro atoms. The van der Waals surface area contributed by atoms with Crippen LogP contribution in [-0.2, 0) is 11.2 Å². The summed E-state index contributed by atoms with van der Waals surface area (Å²) >= 11 is 0. The molecule has 1 N–H and O–H groups in total. The minimum atomic E-state index is 0.00505. The number of nitrogens with zero attached hydrogens (tertiary/aromatic N) is 3. The first-order valence-electron chi connectivity index (χ1n) is 10.9. The van der Waals surface area contributed by atoms with Crippen LogP contribution in [0.5, 0.6) is 0 Å². The van der Waals surface area contributed by atoms with Gasteiger partial charge in [0.2, 0.25) is 5.91 Å². The zero-order valence-electron chi connectivity index (χ0n) is 17.6. The first-order chi connectivity index (χ1) is 13.6. The van der Waals surface area contributed by atoms with Crippen LogP contribution in [0, 0.1) is 0 Å². The molecule has 5 nitrogen and oxygen atoms in total. The molecule has 0 saturated carbocycles. The Hall–Kier alpha value is -1.85. The van der Waals surface area contributed by atoms with Crippen LogP contribution in [0.3, 0.4) is 0 Å². The zero-order chi connectivity index (χ0) is 19.7. The van der Waals surface area contributed by atoms with Gasteiger partial charge < -0.3 is 14.8 Å². The van der Waals surface area contributed by atoms with Gasteiger partial charge >= 0.3 is 0 Å². The number of rotatable bonds is 4. The summed E-state index contributed by atoms with van der Waals surface area (Å²) in [6, 6.07) is 6.64. The van der Waals surface area contributed by atoms with Crippen molar-refractivity contribution < 1.29 is 4.79 Å². The lowest BCUT2D eigenvalue weighted by molar-refractivity contribution is -0.138. The molecule has 0 radical (unpaired) electrons. The van der Waals surface area contributed by atoms with Gasteiger partial charge in [0.05, 0.1) is 6.04 Å². The average molecular weight is 383 g/mol. The van der Waals surface area contributed by atoms with E-state index >= 15 is 0 Å². The largest absolute Gasteiger partial charge is 0.361 e. The second-order valence-corrected chi connectivity index (χ2v) is 8.55. The highest BCUT2D eigenvalue weighted by Gasteiger charge is 2.31. The number of para-hydroxylation sites is 1. The molecular weight excluding hydrogens is 348 g/mol. The normalized spacial score (nSPS) is 21.3. The van der Waals surface area contributed by atoms with Gasteiger partial charge in [-0.05, 0) is 50.3 Å². The lowest BCUT2D eigenvalue weighted by Crippen LogP contribution is -2.54. The van der Waals surface area contributed by atoms with Crippen molar-refractivity contribution in [2.75, 3.05) is 46.3 Å². The molecular formula is C23H34N4O. The van der Waals surface area contributed by atoms with Gasteiger partial charge in [-0.1, -0.05) is 25.1 Å². The summed E-state index contributed by atoms with van der Waals surface area (Å²) in [6.07, 6.45) is 5.38. The van der Waals surface area contributed by atoms with E-state index in [2.05, 4.69) is 65.0 Å². The third-order valence-electron chi connectivity index (χ3n) is 6.90. The van der Waals surface area contributed by atoms with Crippen molar-refractivity contribution in [3.63, 3.8) is 0 Å². The number of carbonyl (C=O) groups excluding carboxylic acids is 1. The quantitative estimate of drug-likeness (QED) is 0.884. The Labute approximate surface area is 168 Å². The number of benzene rings is 1. The van der Waals surface area contributed by atoms with Gasteiger partial charge in [0.25, 0.3) is 0 Å². The number of piperidine rings is 1. The maximum absolute atomic E-state index is 13.0. The van der Waals surface area contributed by atoms with Crippen LogP contribution in [0.2, 0.25) is 0 Å². The third-order valence-corrected chi connectivity index (χ3v) is 6.90. The zero-order valence-corrected chi connectivity index (χ0v) is 17.6. The number of aryl methyl sites for hydroxylation is 1. The van der Waals surface area contributed by atoms with Crippen LogP contribution < -0.4 is 0 Å². The minimum absolute atomic E-state index is 0.00505. The summed E-state index contributed by atoms with van der Waals surface area (Å²) in [5.41, 5.74) is 4.11. The molecule has 2 aliphatic heterocycles. The molecule has 0 aliphatic carbocycles. The van der Waals surface area contributed by atoms with Gasteiger partial charge in [-0.2, -0.15) is 0 Å². The number of nitrogens with one attached hydrogen (secondary N) is 1. The molecule has 4 rings (SSSR count). The van der Waals surface area contributed by atoms with E-state index in [4.69, 9.17) is 0 Å². The van der Waals surface area contributed by atoms with Crippen LogP contribution in [-0.4, -0.2) is 77.9 Å². The highest BCUT2D eigenvalue weighted by Crippen LogP contribution is 2.34. The number of H-pyrrole nitrogens is 1. The van der Waals surface area contributed by atoms with Crippen molar-refractivity contribution in [1.29, 1.82) is 0 Å². The predicted octanol–water partition coefficient (Wildman–Crippen LogP) is 3.07. The van der Waals surface area contributed by atoms with Crippen molar-refractivity contribution in [2.24, 2.45) is 0 Å². The van der Waals surface area contributed by atoms with E-state index in [0.717, 1.165) is 58.5 Å². The van der Waals surface area contributed by atoms with Gasteiger partial charge in [-0.3, -0.25) is 9.69 Å². The smallest absolute Gasteiger partial charge is 0.239 e. The number of hydrogen-bond donors (Lipinski definition) is 1. The number of piperazine rings is 1. The van der Waals surface area contributed by atoms with Gasteiger partial charge in [0.15, 0.2) is 0 Å². The molecule has 1 atom stereocenters. The molecule has 3 heterocycles. The van der Waals surface area contributed by atoms with Crippen molar-refractivity contribution >= 4 is 16.8 Å². The molecule has 1 amide bonds. The number of aromatic amines is 1. The highest BCUT2D eigenvalue weighted by molar-refractivity contribution is 5.86. The number of hydrogen-bond acceptors (Lipinski definition) is 3. The van der Waals surface area contributed by atoms with E-state index in [-0.39, 0.29) is 6.04 Å². The standard InChI is InChI=1S/C23H34N4O/c1-4-18-6-5-7-20-21(16-24-22(18)20)19-8-10-27(11-9-19)23(28)17(2)26-14-12-25(3)13-15-26/h5-7,16-17,19,24H,4,8-15H2,1-3H3/t17-/m0/s1. The first-order valence-corrected chi connectivity index (χ1v) is 10.9. The number of carbonyl (C=O) groups is 1. The monoisotopic (exact) mass is 382 g/mol. The SMILES string of the molecule is CCc1cccc2c(C3CCN(C(=O)[C@H](C)N4CCN(C)CC4)CC3)c[nH]c12. The number of aromatic nitrogens is 1. The van der Waals surface area contributed by atoms with Gasteiger partial charge in [0, 0.05) is 56.4 Å². The van der Waals surface area contributed by atoms with E-state index in [0.29, 0.717) is 11.8 Å². The Balaban J connectivity index is 1.39. The highest BCUT2D eigenvalue weighted by atomic mass is 16.2. The Morgan fingerprint density at radius 3 is 2.54 bits per heavy atom. The lowest BCUT2D eigenvalue weighted by Gasteiger charge is -2.39. The van der Waals surface area contributed by atoms with Crippen LogP contribution >= 0.6 is 0 Å². The van der Waals surface area contributed by atoms with Crippen LogP contribution in [0.1, 0.15) is 43.7 Å². The first kappa shape index (κ1) is 19.5. The maximum atomic E-state index is 13.0. The van der Waals surface area contributed by atoms with Crippen molar-refractivity contribution in [3.8, 4) is 0 Å². The molecule has 2 fully saturated rings. The fourth-order valence-electron chi connectivity index (χ4n) is 4.91. The topological polar surface area (TPSA) is 42.6 Å². The summed E-state index contributed by atoms with van der Waals surface area (Å²) in [6.45, 7) is 10.2. The van der Waals surface area contributed by atoms with E-state index in [1.54, 1.807) is 0 Å². The van der Waals surface area contributed by atoms with Crippen LogP contribution in [0.4, 0.5) is 0 Å². The summed E-state index contributed by atoms with van der Waals surface area (Å²) in [5, 5.41) is 1.37. The van der Waals surface area contributed by atoms with E-state index in [1.807, 2.05) is 0 Å². The molecule has 2 aliphatic rings.